The number of rotatable bonds is 4. The van der Waals surface area contributed by atoms with E-state index in [0.29, 0.717) is 5.56 Å². The molecule has 1 unspecified atom stereocenters. The van der Waals surface area contributed by atoms with Crippen molar-refractivity contribution >= 4 is 30.0 Å². The minimum absolute atomic E-state index is 0. The molecular formula is C26H35O2PY2-2. The van der Waals surface area contributed by atoms with Gasteiger partial charge in [0.2, 0.25) is 0 Å². The van der Waals surface area contributed by atoms with Gasteiger partial charge in [-0.15, -0.1) is 13.2 Å². The summed E-state index contributed by atoms with van der Waals surface area (Å²) < 4.78 is 0. The van der Waals surface area contributed by atoms with E-state index in [1.807, 2.05) is 41.5 Å². The van der Waals surface area contributed by atoms with Gasteiger partial charge in [0.1, 0.15) is 0 Å². The van der Waals surface area contributed by atoms with Gasteiger partial charge in [0.05, 0.1) is 0 Å². The van der Waals surface area contributed by atoms with Gasteiger partial charge in [-0.25, -0.2) is 6.03 Å². The SMILES string of the molecule is C=P([C-]=O)(C(=O)c1c(C)c(C)c(C)c(C)c1C)c1c(C)c(C)c(C)c(C)c1C.[CH3-].[Y].[Y]. The fraction of sp³-hybridized carbons (Fsp3) is 0.385. The van der Waals surface area contributed by atoms with Crippen molar-refractivity contribution in [2.45, 2.75) is 69.2 Å². The third-order valence-electron chi connectivity index (χ3n) is 7.06. The summed E-state index contributed by atoms with van der Waals surface area (Å²) in [6.45, 7) is 17.2. The zero-order chi connectivity index (χ0) is 21.7. The van der Waals surface area contributed by atoms with Crippen molar-refractivity contribution in [1.29, 1.82) is 0 Å². The molecule has 1 atom stereocenters. The molecule has 31 heavy (non-hydrogen) atoms. The maximum absolute atomic E-state index is 13.9. The van der Waals surface area contributed by atoms with Gasteiger partial charge in [-0.3, -0.25) is 4.79 Å². The molecule has 0 fully saturated rings. The molecule has 0 aliphatic rings. The first-order valence-electron chi connectivity index (χ1n) is 9.65. The maximum Gasteiger partial charge on any atom is 0.162 e. The van der Waals surface area contributed by atoms with Gasteiger partial charge in [-0.05, 0) is 130 Å². The van der Waals surface area contributed by atoms with Crippen LogP contribution in [0, 0.1) is 76.7 Å². The Bertz CT molecular complexity index is 1020. The van der Waals surface area contributed by atoms with Gasteiger partial charge in [0.25, 0.3) is 0 Å². The van der Waals surface area contributed by atoms with E-state index < -0.39 is 6.89 Å². The standard InChI is InChI=1S/C25H32O2P.CH3.2Y/c1-13-15(3)19(7)23(20(8)16(13)4)25(27)28(11,12-26)24-21(9)17(5)14(2)18(6)22(24)10;;;/h11H2,1-10H3;1H3;;/q2*-1;;. The second-order valence-electron chi connectivity index (χ2n) is 8.18. The molecule has 2 nitrogen and oxygen atoms in total. The minimum atomic E-state index is -3.07. The third kappa shape index (κ3) is 5.35. The summed E-state index contributed by atoms with van der Waals surface area (Å²) in [4.78, 5) is 26.2. The van der Waals surface area contributed by atoms with Gasteiger partial charge >= 0.3 is 0 Å². The molecule has 2 rings (SSSR count). The van der Waals surface area contributed by atoms with E-state index in [9.17, 15) is 9.59 Å². The number of carbonyl (C=O) groups excluding carboxylic acids is 2. The van der Waals surface area contributed by atoms with Crippen LogP contribution >= 0.6 is 6.89 Å². The molecule has 2 radical (unpaired) electrons. The maximum atomic E-state index is 13.9. The van der Waals surface area contributed by atoms with Crippen LogP contribution in [0.15, 0.2) is 0 Å². The summed E-state index contributed by atoms with van der Waals surface area (Å²) in [7, 11) is 0. The number of benzene rings is 2. The summed E-state index contributed by atoms with van der Waals surface area (Å²) >= 11 is 0. The summed E-state index contributed by atoms with van der Waals surface area (Å²) in [6.07, 6.45) is 4.27. The monoisotopic (exact) mass is 588 g/mol. The van der Waals surface area contributed by atoms with Crippen molar-refractivity contribution in [1.82, 2.24) is 0 Å². The first-order valence-corrected chi connectivity index (χ1v) is 11.6. The molecule has 0 aromatic heterocycles. The van der Waals surface area contributed by atoms with Crippen molar-refractivity contribution < 1.29 is 75.0 Å². The molecule has 0 bridgehead atoms. The molecule has 0 saturated heterocycles. The minimum Gasteiger partial charge on any atom is -0.536 e. The van der Waals surface area contributed by atoms with Crippen LogP contribution < -0.4 is 5.30 Å². The molecular weight excluding hydrogens is 553 g/mol. The van der Waals surface area contributed by atoms with E-state index in [2.05, 4.69) is 40.0 Å². The number of hydrogen-bond donors (Lipinski definition) is 0. The molecule has 164 valence electrons. The Morgan fingerprint density at radius 2 is 0.871 bits per heavy atom. The fourth-order valence-corrected chi connectivity index (χ4v) is 6.83. The second kappa shape index (κ2) is 12.1. The van der Waals surface area contributed by atoms with Gasteiger partial charge in [-0.1, -0.05) is 0 Å². The quantitative estimate of drug-likeness (QED) is 0.315. The first-order chi connectivity index (χ1) is 12.8. The van der Waals surface area contributed by atoms with Crippen molar-refractivity contribution in [3.05, 3.63) is 68.6 Å². The van der Waals surface area contributed by atoms with Crippen LogP contribution in [0.4, 0.5) is 0 Å². The molecule has 0 heterocycles. The topological polar surface area (TPSA) is 34.1 Å². The fourth-order valence-electron chi connectivity index (χ4n) is 4.25. The Labute approximate surface area is 240 Å². The zero-order valence-corrected chi connectivity index (χ0v) is 27.7. The second-order valence-corrected chi connectivity index (χ2v) is 10.8. The van der Waals surface area contributed by atoms with Crippen LogP contribution in [0.5, 0.6) is 0 Å². The predicted molar refractivity (Wildman–Crippen MR) is 130 cm³/mol. The average molecular weight is 588 g/mol. The van der Waals surface area contributed by atoms with Crippen LogP contribution in [-0.4, -0.2) is 17.9 Å². The van der Waals surface area contributed by atoms with Crippen molar-refractivity contribution in [2.24, 2.45) is 0 Å². The summed E-state index contributed by atoms with van der Waals surface area (Å²) in [5, 5.41) is 0.808. The van der Waals surface area contributed by atoms with Crippen LogP contribution in [0.1, 0.15) is 66.0 Å². The molecule has 0 aliphatic heterocycles. The summed E-state index contributed by atoms with van der Waals surface area (Å²) in [5.41, 5.74) is 11.3. The summed E-state index contributed by atoms with van der Waals surface area (Å²) in [5.74, 6) is 0. The van der Waals surface area contributed by atoms with Crippen LogP contribution in [0.3, 0.4) is 0 Å². The third-order valence-corrected chi connectivity index (χ3v) is 9.72. The summed E-state index contributed by atoms with van der Waals surface area (Å²) in [6, 6.07) is 2.16. The van der Waals surface area contributed by atoms with E-state index in [4.69, 9.17) is 0 Å². The van der Waals surface area contributed by atoms with E-state index in [1.165, 1.54) is 11.1 Å². The zero-order valence-electron chi connectivity index (χ0n) is 21.1. The molecule has 2 aromatic rings. The van der Waals surface area contributed by atoms with Gasteiger partial charge in [0, 0.05) is 71.0 Å². The van der Waals surface area contributed by atoms with Crippen LogP contribution in [0.2, 0.25) is 0 Å². The van der Waals surface area contributed by atoms with E-state index in [-0.39, 0.29) is 78.4 Å². The van der Waals surface area contributed by atoms with Gasteiger partial charge in [-0.2, -0.15) is 0 Å². The molecule has 2 aromatic carbocycles. The van der Waals surface area contributed by atoms with Gasteiger partial charge < -0.3 is 12.2 Å². The largest absolute Gasteiger partial charge is 0.536 e. The number of carbonyl (C=O) groups is 1. The Balaban J connectivity index is 0. The Morgan fingerprint density at radius 1 is 0.613 bits per heavy atom. The number of hydrogen-bond acceptors (Lipinski definition) is 2. The molecule has 0 aliphatic carbocycles. The Kier molecular flexibility index (Phi) is 13.1. The van der Waals surface area contributed by atoms with E-state index in [1.54, 1.807) is 0 Å². The average Bonchev–Trinajstić information content (AvgIpc) is 2.67. The molecule has 0 amide bonds. The van der Waals surface area contributed by atoms with Crippen molar-refractivity contribution in [2.75, 3.05) is 0 Å². The smallest absolute Gasteiger partial charge is 0.162 e. The van der Waals surface area contributed by atoms with Crippen LogP contribution in [-0.2, 0) is 70.2 Å². The molecule has 0 spiro atoms. The van der Waals surface area contributed by atoms with Crippen LogP contribution in [0.25, 0.3) is 0 Å². The van der Waals surface area contributed by atoms with Gasteiger partial charge in [0.15, 0.2) is 5.52 Å². The Morgan fingerprint density at radius 3 is 1.16 bits per heavy atom. The Hall–Kier alpha value is 0.288. The first kappa shape index (κ1) is 33.5. The van der Waals surface area contributed by atoms with Crippen molar-refractivity contribution in [3.8, 4) is 0 Å². The van der Waals surface area contributed by atoms with Crippen molar-refractivity contribution in [3.63, 3.8) is 0 Å². The predicted octanol–water partition coefficient (Wildman–Crippen LogP) is 6.20. The molecule has 5 heteroatoms. The normalized spacial score (nSPS) is 12.1. The van der Waals surface area contributed by atoms with E-state index >= 15 is 0 Å². The molecule has 0 saturated carbocycles. The molecule has 0 N–H and O–H groups in total. The van der Waals surface area contributed by atoms with E-state index in [0.717, 1.165) is 49.8 Å².